The van der Waals surface area contributed by atoms with E-state index in [4.69, 9.17) is 9.97 Å². The Bertz CT molecular complexity index is 615. The van der Waals surface area contributed by atoms with Gasteiger partial charge in [0.2, 0.25) is 11.9 Å². The van der Waals surface area contributed by atoms with Crippen LogP contribution in [0.3, 0.4) is 0 Å². The Morgan fingerprint density at radius 3 is 2.38 bits per heavy atom. The predicted octanol–water partition coefficient (Wildman–Crippen LogP) is 2.75. The first-order chi connectivity index (χ1) is 11.3. The van der Waals surface area contributed by atoms with E-state index in [0.717, 1.165) is 56.4 Å². The third kappa shape index (κ3) is 3.87. The van der Waals surface area contributed by atoms with E-state index in [-0.39, 0.29) is 11.3 Å². The molecule has 0 bridgehead atoms. The Morgan fingerprint density at radius 2 is 1.71 bits per heavy atom. The maximum Gasteiger partial charge on any atom is 0.225 e. The topological polar surface area (TPSA) is 49.3 Å². The third-order valence-corrected chi connectivity index (χ3v) is 4.96. The van der Waals surface area contributed by atoms with Gasteiger partial charge in [0.15, 0.2) is 0 Å². The van der Waals surface area contributed by atoms with Crippen molar-refractivity contribution in [2.45, 2.75) is 59.8 Å². The molecule has 1 saturated heterocycles. The molecule has 3 heterocycles. The van der Waals surface area contributed by atoms with Crippen LogP contribution in [0.5, 0.6) is 0 Å². The molecule has 1 aromatic rings. The highest BCUT2D eigenvalue weighted by Gasteiger charge is 2.25. The van der Waals surface area contributed by atoms with E-state index in [2.05, 4.69) is 32.6 Å². The van der Waals surface area contributed by atoms with Gasteiger partial charge in [-0.1, -0.05) is 20.8 Å². The molecule has 0 aliphatic carbocycles. The number of carbonyl (C=O) groups excluding carboxylic acids is 1. The summed E-state index contributed by atoms with van der Waals surface area (Å²) < 4.78 is 0. The summed E-state index contributed by atoms with van der Waals surface area (Å²) in [6.07, 6.45) is 4.78. The lowest BCUT2D eigenvalue weighted by molar-refractivity contribution is -0.133. The van der Waals surface area contributed by atoms with Crippen LogP contribution in [0.25, 0.3) is 0 Å². The van der Waals surface area contributed by atoms with Gasteiger partial charge in [0.05, 0.1) is 5.69 Å². The lowest BCUT2D eigenvalue weighted by Gasteiger charge is -2.25. The molecule has 1 fully saturated rings. The van der Waals surface area contributed by atoms with Crippen molar-refractivity contribution in [3.63, 3.8) is 0 Å². The summed E-state index contributed by atoms with van der Waals surface area (Å²) in [4.78, 5) is 26.5. The van der Waals surface area contributed by atoms with Gasteiger partial charge < -0.3 is 9.80 Å². The molecule has 0 aromatic carbocycles. The van der Waals surface area contributed by atoms with Crippen LogP contribution in [-0.2, 0) is 17.6 Å². The van der Waals surface area contributed by atoms with E-state index in [1.165, 1.54) is 18.4 Å². The fourth-order valence-corrected chi connectivity index (χ4v) is 3.64. The summed E-state index contributed by atoms with van der Waals surface area (Å²) in [5.74, 6) is 1.15. The predicted molar refractivity (Wildman–Crippen MR) is 96.3 cm³/mol. The summed E-state index contributed by atoms with van der Waals surface area (Å²) in [6.45, 7) is 12.1. The van der Waals surface area contributed by atoms with Crippen molar-refractivity contribution in [2.24, 2.45) is 5.41 Å². The van der Waals surface area contributed by atoms with Crippen LogP contribution in [0, 0.1) is 12.3 Å². The van der Waals surface area contributed by atoms with E-state index in [1.54, 1.807) is 0 Å². The van der Waals surface area contributed by atoms with Crippen molar-refractivity contribution in [3.8, 4) is 0 Å². The Kier molecular flexibility index (Phi) is 4.79. The molecule has 0 spiro atoms. The second-order valence-electron chi connectivity index (χ2n) is 8.35. The fourth-order valence-electron chi connectivity index (χ4n) is 3.64. The van der Waals surface area contributed by atoms with Crippen LogP contribution in [-0.4, -0.2) is 47.0 Å². The average molecular weight is 330 g/mol. The Hall–Kier alpha value is -1.65. The molecule has 1 aromatic heterocycles. The Labute approximate surface area is 145 Å². The van der Waals surface area contributed by atoms with Crippen LogP contribution >= 0.6 is 0 Å². The Morgan fingerprint density at radius 1 is 1.04 bits per heavy atom. The zero-order valence-corrected chi connectivity index (χ0v) is 15.6. The maximum absolute atomic E-state index is 12.6. The molecule has 0 atom stereocenters. The van der Waals surface area contributed by atoms with Gasteiger partial charge in [0.25, 0.3) is 0 Å². The number of fused-ring (bicyclic) bond motifs is 1. The zero-order valence-electron chi connectivity index (χ0n) is 15.6. The second-order valence-corrected chi connectivity index (χ2v) is 8.35. The first-order valence-electron chi connectivity index (χ1n) is 9.22. The van der Waals surface area contributed by atoms with Crippen LogP contribution < -0.4 is 4.90 Å². The number of rotatable bonds is 2. The van der Waals surface area contributed by atoms with Crippen molar-refractivity contribution in [1.82, 2.24) is 14.9 Å². The van der Waals surface area contributed by atoms with E-state index in [0.29, 0.717) is 6.42 Å². The van der Waals surface area contributed by atoms with Crippen LogP contribution in [0.4, 0.5) is 5.95 Å². The summed E-state index contributed by atoms with van der Waals surface area (Å²) >= 11 is 0. The standard InChI is InChI=1S/C19H30N4O/c1-14-15-7-11-22(17(24)13-19(2,3)4)12-8-16(15)21-18(20-14)23-9-5-6-10-23/h5-13H2,1-4H3. The summed E-state index contributed by atoms with van der Waals surface area (Å²) in [6, 6.07) is 0. The normalized spacial score (nSPS) is 18.5. The first-order valence-corrected chi connectivity index (χ1v) is 9.22. The highest BCUT2D eigenvalue weighted by molar-refractivity contribution is 5.77. The van der Waals surface area contributed by atoms with Gasteiger partial charge in [-0.05, 0) is 37.2 Å². The van der Waals surface area contributed by atoms with Crippen LogP contribution in [0.1, 0.15) is 57.0 Å². The smallest absolute Gasteiger partial charge is 0.225 e. The number of carbonyl (C=O) groups is 1. The van der Waals surface area contributed by atoms with Gasteiger partial charge in [-0.15, -0.1) is 0 Å². The molecule has 132 valence electrons. The minimum Gasteiger partial charge on any atom is -0.342 e. The monoisotopic (exact) mass is 330 g/mol. The number of amides is 1. The van der Waals surface area contributed by atoms with Gasteiger partial charge in [-0.2, -0.15) is 0 Å². The molecule has 5 heteroatoms. The molecule has 2 aliphatic rings. The number of aryl methyl sites for hydroxylation is 1. The average Bonchev–Trinajstić information content (AvgIpc) is 2.92. The molecule has 0 N–H and O–H groups in total. The highest BCUT2D eigenvalue weighted by Crippen LogP contribution is 2.24. The number of nitrogens with zero attached hydrogens (tertiary/aromatic N) is 4. The summed E-state index contributed by atoms with van der Waals surface area (Å²) in [7, 11) is 0. The highest BCUT2D eigenvalue weighted by atomic mass is 16.2. The molecule has 5 nitrogen and oxygen atoms in total. The number of hydrogen-bond donors (Lipinski definition) is 0. The summed E-state index contributed by atoms with van der Waals surface area (Å²) in [5, 5.41) is 0. The van der Waals surface area contributed by atoms with Gasteiger partial charge >= 0.3 is 0 Å². The molecule has 24 heavy (non-hydrogen) atoms. The van der Waals surface area contributed by atoms with Gasteiger partial charge in [-0.3, -0.25) is 4.79 Å². The third-order valence-electron chi connectivity index (χ3n) is 4.96. The van der Waals surface area contributed by atoms with E-state index in [9.17, 15) is 4.79 Å². The lowest BCUT2D eigenvalue weighted by atomic mass is 9.91. The van der Waals surface area contributed by atoms with Crippen LogP contribution in [0.2, 0.25) is 0 Å². The number of hydrogen-bond acceptors (Lipinski definition) is 4. The first kappa shape index (κ1) is 17.2. The fraction of sp³-hybridized carbons (Fsp3) is 0.737. The molecule has 3 rings (SSSR count). The largest absolute Gasteiger partial charge is 0.342 e. The van der Waals surface area contributed by atoms with Crippen molar-refractivity contribution in [2.75, 3.05) is 31.1 Å². The molecule has 1 amide bonds. The van der Waals surface area contributed by atoms with Crippen molar-refractivity contribution in [3.05, 3.63) is 17.0 Å². The number of anilines is 1. The lowest BCUT2D eigenvalue weighted by Crippen LogP contribution is -2.35. The van der Waals surface area contributed by atoms with Crippen molar-refractivity contribution < 1.29 is 4.79 Å². The zero-order chi connectivity index (χ0) is 17.3. The quantitative estimate of drug-likeness (QED) is 0.837. The minimum atomic E-state index is 0.0366. The Balaban J connectivity index is 1.75. The van der Waals surface area contributed by atoms with Crippen LogP contribution in [0.15, 0.2) is 0 Å². The molecular formula is C19H30N4O. The van der Waals surface area contributed by atoms with E-state index in [1.807, 2.05) is 4.90 Å². The maximum atomic E-state index is 12.6. The van der Waals surface area contributed by atoms with Crippen molar-refractivity contribution in [1.29, 1.82) is 0 Å². The van der Waals surface area contributed by atoms with Gasteiger partial charge in [0, 0.05) is 44.7 Å². The molecule has 0 unspecified atom stereocenters. The molecule has 0 radical (unpaired) electrons. The van der Waals surface area contributed by atoms with E-state index >= 15 is 0 Å². The van der Waals surface area contributed by atoms with Gasteiger partial charge in [-0.25, -0.2) is 9.97 Å². The summed E-state index contributed by atoms with van der Waals surface area (Å²) in [5.41, 5.74) is 3.53. The second kappa shape index (κ2) is 6.69. The molecule has 0 saturated carbocycles. The molecule has 2 aliphatic heterocycles. The van der Waals surface area contributed by atoms with E-state index < -0.39 is 0 Å². The van der Waals surface area contributed by atoms with Gasteiger partial charge in [0.1, 0.15) is 0 Å². The number of aromatic nitrogens is 2. The van der Waals surface area contributed by atoms with Crippen molar-refractivity contribution >= 4 is 11.9 Å². The minimum absolute atomic E-state index is 0.0366. The molecular weight excluding hydrogens is 300 g/mol. The SMILES string of the molecule is Cc1nc(N2CCCC2)nc2c1CCN(C(=O)CC(C)(C)C)CC2.